The molecule has 1 rings (SSSR count). The lowest BCUT2D eigenvalue weighted by atomic mass is 10.1. The predicted octanol–water partition coefficient (Wildman–Crippen LogP) is 2.33. The summed E-state index contributed by atoms with van der Waals surface area (Å²) in [6, 6.07) is 3.12. The van der Waals surface area contributed by atoms with E-state index < -0.39 is 30.5 Å². The molecule has 1 aromatic rings. The van der Waals surface area contributed by atoms with Crippen LogP contribution in [0, 0.1) is 5.82 Å². The van der Waals surface area contributed by atoms with E-state index in [4.69, 9.17) is 5.11 Å². The number of Topliss-reactive ketones (excluding diaryl/α,β-unsaturated/α-hetero) is 1. The quantitative estimate of drug-likeness (QED) is 0.672. The smallest absolute Gasteiger partial charge is 0.417 e. The van der Waals surface area contributed by atoms with Gasteiger partial charge in [0.15, 0.2) is 23.5 Å². The van der Waals surface area contributed by atoms with Crippen molar-refractivity contribution in [2.45, 2.75) is 19.2 Å². The Kier molecular flexibility index (Phi) is 4.28. The fourth-order valence-corrected chi connectivity index (χ4v) is 1.10. The molecule has 0 saturated carbocycles. The number of aliphatic hydroxyl groups excluding tert-OH is 1. The Bertz CT molecular complexity index is 442. The van der Waals surface area contributed by atoms with Crippen LogP contribution in [0.5, 0.6) is 5.75 Å². The molecule has 0 bridgehead atoms. The summed E-state index contributed by atoms with van der Waals surface area (Å²) in [6.45, 7) is 0.114. The maximum Gasteiger partial charge on any atom is 0.417 e. The van der Waals surface area contributed by atoms with Crippen LogP contribution in [0.3, 0.4) is 0 Å². The summed E-state index contributed by atoms with van der Waals surface area (Å²) in [6.07, 6.45) is -7.51. The average molecular weight is 266 g/mol. The molecular formula is C11H10F4O3. The summed E-state index contributed by atoms with van der Waals surface area (Å²) in [4.78, 5) is 10.9. The first-order valence-corrected chi connectivity index (χ1v) is 4.90. The van der Waals surface area contributed by atoms with E-state index in [9.17, 15) is 22.4 Å². The molecule has 0 saturated heterocycles. The van der Waals surface area contributed by atoms with Crippen LogP contribution in [0.4, 0.5) is 17.6 Å². The second-order valence-corrected chi connectivity index (χ2v) is 3.57. The summed E-state index contributed by atoms with van der Waals surface area (Å²) < 4.78 is 53.7. The van der Waals surface area contributed by atoms with Crippen molar-refractivity contribution in [1.29, 1.82) is 0 Å². The molecule has 0 heterocycles. The van der Waals surface area contributed by atoms with Crippen LogP contribution in [0.1, 0.15) is 17.3 Å². The van der Waals surface area contributed by atoms with Gasteiger partial charge < -0.3 is 9.84 Å². The average Bonchev–Trinajstić information content (AvgIpc) is 2.25. The second kappa shape index (κ2) is 5.34. The molecule has 0 radical (unpaired) electrons. The molecule has 0 amide bonds. The number of carbonyl (C=O) groups is 1. The number of ether oxygens (including phenoxy) is 1. The molecule has 1 atom stereocenters. The molecule has 0 aliphatic heterocycles. The molecule has 0 aliphatic carbocycles. The van der Waals surface area contributed by atoms with E-state index in [1.807, 2.05) is 0 Å². The van der Waals surface area contributed by atoms with Crippen molar-refractivity contribution in [2.75, 3.05) is 6.61 Å². The van der Waals surface area contributed by atoms with Crippen molar-refractivity contribution in [2.24, 2.45) is 0 Å². The lowest BCUT2D eigenvalue weighted by Crippen LogP contribution is -2.34. The molecule has 1 unspecified atom stereocenters. The first-order valence-electron chi connectivity index (χ1n) is 4.90. The first kappa shape index (κ1) is 14.4. The largest absolute Gasteiger partial charge is 0.487 e. The fourth-order valence-electron chi connectivity index (χ4n) is 1.10. The van der Waals surface area contributed by atoms with Crippen LogP contribution in [-0.4, -0.2) is 29.8 Å². The van der Waals surface area contributed by atoms with Gasteiger partial charge in [0.05, 0.1) is 0 Å². The zero-order valence-corrected chi connectivity index (χ0v) is 9.29. The summed E-state index contributed by atoms with van der Waals surface area (Å²) in [7, 11) is 0. The van der Waals surface area contributed by atoms with Gasteiger partial charge >= 0.3 is 6.18 Å². The number of hydrogen-bond acceptors (Lipinski definition) is 3. The minimum Gasteiger partial charge on any atom is -0.487 e. The summed E-state index contributed by atoms with van der Waals surface area (Å²) in [5.41, 5.74) is 0.0798. The van der Waals surface area contributed by atoms with Gasteiger partial charge in [-0.1, -0.05) is 0 Å². The van der Waals surface area contributed by atoms with Crippen molar-refractivity contribution in [3.8, 4) is 5.75 Å². The van der Waals surface area contributed by atoms with Crippen LogP contribution >= 0.6 is 0 Å². The molecule has 0 spiro atoms. The number of alkyl halides is 3. The van der Waals surface area contributed by atoms with E-state index >= 15 is 0 Å². The highest BCUT2D eigenvalue weighted by molar-refractivity contribution is 5.94. The number of hydrogen-bond donors (Lipinski definition) is 1. The van der Waals surface area contributed by atoms with Crippen molar-refractivity contribution >= 4 is 5.78 Å². The highest BCUT2D eigenvalue weighted by Gasteiger charge is 2.38. The molecule has 7 heteroatoms. The highest BCUT2D eigenvalue weighted by atomic mass is 19.4. The molecule has 1 N–H and O–H groups in total. The van der Waals surface area contributed by atoms with Gasteiger partial charge in [0.2, 0.25) is 0 Å². The Morgan fingerprint density at radius 3 is 2.50 bits per heavy atom. The lowest BCUT2D eigenvalue weighted by Gasteiger charge is -2.15. The Morgan fingerprint density at radius 2 is 2.06 bits per heavy atom. The van der Waals surface area contributed by atoms with Crippen LogP contribution in [0.2, 0.25) is 0 Å². The number of carbonyl (C=O) groups excluding carboxylic acids is 1. The van der Waals surface area contributed by atoms with Gasteiger partial charge in [-0.05, 0) is 25.1 Å². The van der Waals surface area contributed by atoms with Gasteiger partial charge in [-0.2, -0.15) is 13.2 Å². The number of rotatable bonds is 4. The third-order valence-corrected chi connectivity index (χ3v) is 2.11. The zero-order chi connectivity index (χ0) is 13.9. The molecule has 18 heavy (non-hydrogen) atoms. The normalized spacial score (nSPS) is 13.2. The summed E-state index contributed by atoms with van der Waals surface area (Å²) in [5.74, 6) is -1.80. The number of aliphatic hydroxyl groups is 1. The summed E-state index contributed by atoms with van der Waals surface area (Å²) >= 11 is 0. The van der Waals surface area contributed by atoms with E-state index in [1.165, 1.54) is 13.0 Å². The monoisotopic (exact) mass is 266 g/mol. The highest BCUT2D eigenvalue weighted by Crippen LogP contribution is 2.23. The van der Waals surface area contributed by atoms with Crippen LogP contribution in [0.15, 0.2) is 18.2 Å². The minimum atomic E-state index is -4.82. The molecule has 0 aliphatic rings. The molecular weight excluding hydrogens is 256 g/mol. The van der Waals surface area contributed by atoms with Crippen molar-refractivity contribution in [3.63, 3.8) is 0 Å². The molecule has 0 fully saturated rings. The van der Waals surface area contributed by atoms with Gasteiger partial charge in [0.1, 0.15) is 6.61 Å². The molecule has 100 valence electrons. The Hall–Kier alpha value is -1.63. The Labute approximate surface area is 100.0 Å². The fraction of sp³-hybridized carbons (Fsp3) is 0.364. The number of ketones is 1. The molecule has 1 aromatic carbocycles. The van der Waals surface area contributed by atoms with Crippen LogP contribution in [0.25, 0.3) is 0 Å². The number of benzene rings is 1. The van der Waals surface area contributed by atoms with E-state index in [1.54, 1.807) is 0 Å². The third-order valence-electron chi connectivity index (χ3n) is 2.11. The van der Waals surface area contributed by atoms with E-state index in [2.05, 4.69) is 4.74 Å². The van der Waals surface area contributed by atoms with Crippen molar-refractivity contribution < 1.29 is 32.2 Å². The van der Waals surface area contributed by atoms with Gasteiger partial charge in [-0.25, -0.2) is 4.39 Å². The standard InChI is InChI=1S/C11H10F4O3/c1-6(16)7-2-3-9(8(12)4-7)18-5-10(17)11(13,14)15/h2-4,10,17H,5H2,1H3. The number of halogens is 4. The second-order valence-electron chi connectivity index (χ2n) is 3.57. The SMILES string of the molecule is CC(=O)c1ccc(OCC(O)C(F)(F)F)c(F)c1. The van der Waals surface area contributed by atoms with E-state index in [-0.39, 0.29) is 11.3 Å². The topological polar surface area (TPSA) is 46.5 Å². The van der Waals surface area contributed by atoms with E-state index in [0.29, 0.717) is 0 Å². The van der Waals surface area contributed by atoms with E-state index in [0.717, 1.165) is 12.1 Å². The Morgan fingerprint density at radius 1 is 1.44 bits per heavy atom. The molecule has 3 nitrogen and oxygen atoms in total. The first-order chi connectivity index (χ1) is 8.21. The van der Waals surface area contributed by atoms with Crippen LogP contribution < -0.4 is 4.74 Å². The van der Waals surface area contributed by atoms with Crippen molar-refractivity contribution in [1.82, 2.24) is 0 Å². The van der Waals surface area contributed by atoms with Gasteiger partial charge in [-0.15, -0.1) is 0 Å². The predicted molar refractivity (Wildman–Crippen MR) is 54.0 cm³/mol. The molecule has 0 aromatic heterocycles. The maximum absolute atomic E-state index is 13.3. The van der Waals surface area contributed by atoms with Gasteiger partial charge in [-0.3, -0.25) is 4.79 Å². The zero-order valence-electron chi connectivity index (χ0n) is 9.29. The summed E-state index contributed by atoms with van der Waals surface area (Å²) in [5, 5.41) is 8.65. The minimum absolute atomic E-state index is 0.0798. The van der Waals surface area contributed by atoms with Crippen molar-refractivity contribution in [3.05, 3.63) is 29.6 Å². The maximum atomic E-state index is 13.3. The lowest BCUT2D eigenvalue weighted by molar-refractivity contribution is -0.210. The van der Waals surface area contributed by atoms with Gasteiger partial charge in [0.25, 0.3) is 0 Å². The van der Waals surface area contributed by atoms with Crippen LogP contribution in [-0.2, 0) is 0 Å². The third kappa shape index (κ3) is 3.69. The Balaban J connectivity index is 2.72. The van der Waals surface area contributed by atoms with Gasteiger partial charge in [0, 0.05) is 5.56 Å².